The SMILES string of the molecule is CNC1(C(=O)N2CC(O)C[C@H]2C(=O)NC2(c3cc[c-]cc3)CC2)CC1.[CH3-].[Rb+]. The number of carbonyl (C=O) groups excluding carboxylic acids is 2. The van der Waals surface area contributed by atoms with E-state index in [1.165, 1.54) is 0 Å². The van der Waals surface area contributed by atoms with Gasteiger partial charge in [0.15, 0.2) is 0 Å². The molecule has 1 aromatic rings. The summed E-state index contributed by atoms with van der Waals surface area (Å²) < 4.78 is 0. The number of aliphatic hydroxyl groups excluding tert-OH is 1. The van der Waals surface area contributed by atoms with Gasteiger partial charge in [0, 0.05) is 18.5 Å². The van der Waals surface area contributed by atoms with Crippen molar-refractivity contribution in [2.24, 2.45) is 0 Å². The second-order valence-corrected chi connectivity index (χ2v) is 7.55. The van der Waals surface area contributed by atoms with Crippen LogP contribution in [0.4, 0.5) is 0 Å². The van der Waals surface area contributed by atoms with Crippen molar-refractivity contribution in [1.82, 2.24) is 15.5 Å². The summed E-state index contributed by atoms with van der Waals surface area (Å²) in [6.45, 7) is 0.230. The van der Waals surface area contributed by atoms with Crippen molar-refractivity contribution in [3.8, 4) is 0 Å². The maximum atomic E-state index is 12.9. The summed E-state index contributed by atoms with van der Waals surface area (Å²) in [6.07, 6.45) is 3.02. The minimum absolute atomic E-state index is 0. The third-order valence-corrected chi connectivity index (χ3v) is 5.86. The number of likely N-dealkylation sites (N-methyl/N-ethyl adjacent to an activating group) is 1. The van der Waals surface area contributed by atoms with Crippen molar-refractivity contribution < 1.29 is 72.9 Å². The average Bonchev–Trinajstić information content (AvgIpc) is 3.54. The molecule has 3 aliphatic rings. The summed E-state index contributed by atoms with van der Waals surface area (Å²) in [4.78, 5) is 27.3. The van der Waals surface area contributed by atoms with Crippen LogP contribution in [0, 0.1) is 13.5 Å². The van der Waals surface area contributed by atoms with Crippen LogP contribution in [0.5, 0.6) is 0 Å². The second-order valence-electron chi connectivity index (χ2n) is 7.55. The normalized spacial score (nSPS) is 26.4. The molecule has 142 valence electrons. The number of nitrogens with one attached hydrogen (secondary N) is 2. The molecule has 2 aliphatic carbocycles. The molecule has 4 rings (SSSR count). The first kappa shape index (κ1) is 23.2. The zero-order chi connectivity index (χ0) is 17.7. The van der Waals surface area contributed by atoms with Gasteiger partial charge in [-0.25, -0.2) is 0 Å². The van der Waals surface area contributed by atoms with Gasteiger partial charge in [-0.05, 0) is 32.7 Å². The van der Waals surface area contributed by atoms with Crippen LogP contribution in [0.25, 0.3) is 0 Å². The van der Waals surface area contributed by atoms with Crippen molar-refractivity contribution in [3.63, 3.8) is 0 Å². The number of carbonyl (C=O) groups is 2. The van der Waals surface area contributed by atoms with Crippen molar-refractivity contribution >= 4 is 11.8 Å². The van der Waals surface area contributed by atoms with Crippen molar-refractivity contribution in [2.75, 3.05) is 13.6 Å². The van der Waals surface area contributed by atoms with E-state index in [2.05, 4.69) is 16.7 Å². The van der Waals surface area contributed by atoms with Crippen LogP contribution < -0.4 is 68.8 Å². The monoisotopic (exact) mass is 442 g/mol. The Bertz CT molecular complexity index is 689. The molecule has 6 nitrogen and oxygen atoms in total. The number of rotatable bonds is 5. The van der Waals surface area contributed by atoms with Gasteiger partial charge in [0.25, 0.3) is 0 Å². The van der Waals surface area contributed by atoms with Gasteiger partial charge >= 0.3 is 58.2 Å². The van der Waals surface area contributed by atoms with E-state index in [0.29, 0.717) is 6.42 Å². The van der Waals surface area contributed by atoms with Gasteiger partial charge in [0.2, 0.25) is 11.8 Å². The molecule has 3 fully saturated rings. The Balaban J connectivity index is 0.00000131. The van der Waals surface area contributed by atoms with Crippen LogP contribution in [0.2, 0.25) is 0 Å². The number of hydrogen-bond acceptors (Lipinski definition) is 4. The van der Waals surface area contributed by atoms with Gasteiger partial charge < -0.3 is 28.1 Å². The topological polar surface area (TPSA) is 81.7 Å². The molecule has 27 heavy (non-hydrogen) atoms. The van der Waals surface area contributed by atoms with Gasteiger partial charge in [-0.3, -0.25) is 9.59 Å². The molecular weight excluding hydrogens is 416 g/mol. The van der Waals surface area contributed by atoms with E-state index >= 15 is 0 Å². The Kier molecular flexibility index (Phi) is 7.48. The maximum absolute atomic E-state index is 12.9. The fraction of sp³-hybridized carbons (Fsp3) is 0.550. The molecule has 1 unspecified atom stereocenters. The zero-order valence-electron chi connectivity index (χ0n) is 16.4. The maximum Gasteiger partial charge on any atom is 1.00 e. The zero-order valence-corrected chi connectivity index (χ0v) is 21.3. The average molecular weight is 443 g/mol. The Morgan fingerprint density at radius 2 is 1.85 bits per heavy atom. The van der Waals surface area contributed by atoms with Gasteiger partial charge in [-0.2, -0.15) is 30.3 Å². The van der Waals surface area contributed by atoms with Crippen molar-refractivity contribution in [3.05, 3.63) is 43.3 Å². The molecule has 2 atom stereocenters. The molecule has 1 saturated heterocycles. The van der Waals surface area contributed by atoms with E-state index in [9.17, 15) is 14.7 Å². The number of β-amino-alcohol motifs (C(OH)–C–C–N with tert-alkyl or cyclic N) is 1. The summed E-state index contributed by atoms with van der Waals surface area (Å²) in [6, 6.07) is 10.0. The molecule has 3 N–H and O–H groups in total. The standard InChI is InChI=1S/C19H24N3O3.CH3.Rb/c1-20-19(9-10-19)17(25)22-12-14(23)11-15(22)16(24)21-18(7-8-18)13-5-3-2-4-6-13;;/h3-6,14-15,20,23H,7-12H2,1H3,(H,21,24);1H3;/q2*-1;+1/t14?,15-;;/m0../s1. The van der Waals surface area contributed by atoms with Crippen LogP contribution in [-0.2, 0) is 15.1 Å². The molecule has 0 bridgehead atoms. The second kappa shape index (κ2) is 8.72. The van der Waals surface area contributed by atoms with E-state index in [-0.39, 0.29) is 89.5 Å². The fourth-order valence-corrected chi connectivity index (χ4v) is 3.89. The minimum Gasteiger partial charge on any atom is -0.391 e. The number of hydrogen-bond donors (Lipinski definition) is 3. The van der Waals surface area contributed by atoms with Crippen LogP contribution in [0.3, 0.4) is 0 Å². The number of amides is 2. The predicted octanol–water partition coefficient (Wildman–Crippen LogP) is -2.24. The summed E-state index contributed by atoms with van der Waals surface area (Å²) >= 11 is 0. The van der Waals surface area contributed by atoms with Gasteiger partial charge in [-0.15, -0.1) is 5.56 Å². The molecule has 7 heteroatoms. The first-order valence-corrected chi connectivity index (χ1v) is 8.96. The van der Waals surface area contributed by atoms with Crippen molar-refractivity contribution in [1.29, 1.82) is 0 Å². The van der Waals surface area contributed by atoms with Crippen LogP contribution in [-0.4, -0.2) is 53.1 Å². The smallest absolute Gasteiger partial charge is 0.391 e. The van der Waals surface area contributed by atoms with Gasteiger partial charge in [-0.1, -0.05) is 0 Å². The van der Waals surface area contributed by atoms with E-state index in [1.807, 2.05) is 24.3 Å². The van der Waals surface area contributed by atoms with Crippen LogP contribution in [0.15, 0.2) is 24.3 Å². The van der Waals surface area contributed by atoms with E-state index in [0.717, 1.165) is 31.2 Å². The first-order valence-electron chi connectivity index (χ1n) is 8.96. The molecular formula is C20H27N3O3Rb-. The summed E-state index contributed by atoms with van der Waals surface area (Å²) in [5.41, 5.74) is 0.217. The van der Waals surface area contributed by atoms with E-state index in [1.54, 1.807) is 11.9 Å². The molecule has 0 spiro atoms. The number of aliphatic hydroxyl groups is 1. The Morgan fingerprint density at radius 3 is 2.37 bits per heavy atom. The van der Waals surface area contributed by atoms with Gasteiger partial charge in [0.1, 0.15) is 6.04 Å². The quantitative estimate of drug-likeness (QED) is 0.450. The molecule has 0 aromatic heterocycles. The number of likely N-dealkylation sites (tertiary alicyclic amines) is 1. The third kappa shape index (κ3) is 4.41. The van der Waals surface area contributed by atoms with Crippen molar-refractivity contribution in [2.45, 2.75) is 55.3 Å². The number of nitrogens with zero attached hydrogens (tertiary/aromatic N) is 1. The van der Waals surface area contributed by atoms with E-state index < -0.39 is 17.7 Å². The third-order valence-electron chi connectivity index (χ3n) is 5.86. The van der Waals surface area contributed by atoms with Crippen LogP contribution in [0.1, 0.15) is 37.7 Å². The number of benzene rings is 1. The summed E-state index contributed by atoms with van der Waals surface area (Å²) in [7, 11) is 1.78. The largest absolute Gasteiger partial charge is 1.00 e. The molecule has 1 heterocycles. The first-order chi connectivity index (χ1) is 12.0. The van der Waals surface area contributed by atoms with Gasteiger partial charge in [0.05, 0.1) is 11.6 Å². The molecule has 1 aromatic carbocycles. The minimum atomic E-state index is -0.645. The Labute approximate surface area is 210 Å². The Morgan fingerprint density at radius 1 is 1.22 bits per heavy atom. The summed E-state index contributed by atoms with van der Waals surface area (Å²) in [5, 5.41) is 16.3. The van der Waals surface area contributed by atoms with Crippen LogP contribution >= 0.6 is 0 Å². The molecule has 2 amide bonds. The van der Waals surface area contributed by atoms with E-state index in [4.69, 9.17) is 0 Å². The fourth-order valence-electron chi connectivity index (χ4n) is 3.89. The molecule has 2 saturated carbocycles. The molecule has 1 aliphatic heterocycles. The molecule has 0 radical (unpaired) electrons. The summed E-state index contributed by atoms with van der Waals surface area (Å²) in [5.74, 6) is -0.229. The predicted molar refractivity (Wildman–Crippen MR) is 97.9 cm³/mol. The Hall–Kier alpha value is -0.115.